The standard InChI is InChI=1S/C16H20Cl2N2O2.ClH/c1-20(13-7-11-3-4-12(8-13)19-11)16(21)9-22-15-6-10(17)2-5-14(15)18;/h2,5-6,11-13,19H,3-4,7-9H2,1H3;1H. The third-order valence-electron chi connectivity index (χ3n) is 4.63. The zero-order chi connectivity index (χ0) is 15.7. The number of hydrogen-bond acceptors (Lipinski definition) is 3. The summed E-state index contributed by atoms with van der Waals surface area (Å²) in [6.07, 6.45) is 4.49. The summed E-state index contributed by atoms with van der Waals surface area (Å²) in [7, 11) is 1.86. The molecule has 2 saturated heterocycles. The first kappa shape index (κ1) is 18.7. The van der Waals surface area contributed by atoms with Crippen LogP contribution in [0, 0.1) is 0 Å². The van der Waals surface area contributed by atoms with Crippen molar-refractivity contribution in [3.05, 3.63) is 28.2 Å². The molecule has 7 heteroatoms. The average molecular weight is 380 g/mol. The zero-order valence-corrected chi connectivity index (χ0v) is 15.3. The maximum atomic E-state index is 12.4. The lowest BCUT2D eigenvalue weighted by Gasteiger charge is -2.35. The molecule has 2 aliphatic rings. The molecule has 0 aliphatic carbocycles. The van der Waals surface area contributed by atoms with E-state index in [1.54, 1.807) is 18.2 Å². The highest BCUT2D eigenvalue weighted by Crippen LogP contribution is 2.30. The van der Waals surface area contributed by atoms with Gasteiger partial charge in [0.2, 0.25) is 0 Å². The Bertz CT molecular complexity index is 558. The number of hydrogen-bond donors (Lipinski definition) is 1. The van der Waals surface area contributed by atoms with Gasteiger partial charge in [-0.25, -0.2) is 0 Å². The number of carbonyl (C=O) groups is 1. The topological polar surface area (TPSA) is 41.6 Å². The Morgan fingerprint density at radius 1 is 1.30 bits per heavy atom. The molecule has 128 valence electrons. The Kier molecular flexibility index (Phi) is 6.43. The fraction of sp³-hybridized carbons (Fsp3) is 0.562. The number of halogens is 3. The quantitative estimate of drug-likeness (QED) is 0.870. The van der Waals surface area contributed by atoms with Crippen molar-refractivity contribution in [2.45, 2.75) is 43.8 Å². The summed E-state index contributed by atoms with van der Waals surface area (Å²) in [4.78, 5) is 14.2. The summed E-state index contributed by atoms with van der Waals surface area (Å²) in [6.45, 7) is -0.0180. The Morgan fingerprint density at radius 3 is 2.61 bits per heavy atom. The Hall–Kier alpha value is -0.680. The van der Waals surface area contributed by atoms with Crippen LogP contribution in [-0.4, -0.2) is 42.6 Å². The minimum Gasteiger partial charge on any atom is -0.482 e. The van der Waals surface area contributed by atoms with Gasteiger partial charge in [0.1, 0.15) is 5.75 Å². The zero-order valence-electron chi connectivity index (χ0n) is 12.9. The van der Waals surface area contributed by atoms with Crippen molar-refractivity contribution < 1.29 is 9.53 Å². The van der Waals surface area contributed by atoms with Crippen LogP contribution in [-0.2, 0) is 4.79 Å². The van der Waals surface area contributed by atoms with Crippen LogP contribution in [0.5, 0.6) is 5.75 Å². The van der Waals surface area contributed by atoms with Gasteiger partial charge in [-0.05, 0) is 37.8 Å². The monoisotopic (exact) mass is 378 g/mol. The fourth-order valence-corrected chi connectivity index (χ4v) is 3.71. The first-order valence-electron chi connectivity index (χ1n) is 7.62. The Balaban J connectivity index is 0.00000192. The number of piperidine rings is 1. The van der Waals surface area contributed by atoms with E-state index >= 15 is 0 Å². The fourth-order valence-electron chi connectivity index (χ4n) is 3.38. The number of nitrogens with zero attached hydrogens (tertiary/aromatic N) is 1. The largest absolute Gasteiger partial charge is 0.482 e. The smallest absolute Gasteiger partial charge is 0.260 e. The van der Waals surface area contributed by atoms with E-state index in [-0.39, 0.29) is 24.9 Å². The molecule has 2 aliphatic heterocycles. The number of rotatable bonds is 4. The van der Waals surface area contributed by atoms with E-state index < -0.39 is 0 Å². The molecule has 2 unspecified atom stereocenters. The molecule has 1 N–H and O–H groups in total. The molecule has 0 saturated carbocycles. The molecule has 0 spiro atoms. The van der Waals surface area contributed by atoms with Crippen molar-refractivity contribution in [1.82, 2.24) is 10.2 Å². The minimum atomic E-state index is -0.0256. The maximum Gasteiger partial charge on any atom is 0.260 e. The van der Waals surface area contributed by atoms with Crippen molar-refractivity contribution >= 4 is 41.5 Å². The van der Waals surface area contributed by atoms with E-state index in [1.165, 1.54) is 12.8 Å². The molecule has 2 atom stereocenters. The number of carbonyl (C=O) groups excluding carboxylic acids is 1. The van der Waals surface area contributed by atoms with Gasteiger partial charge in [-0.3, -0.25) is 4.79 Å². The van der Waals surface area contributed by atoms with E-state index in [1.807, 2.05) is 11.9 Å². The summed E-state index contributed by atoms with van der Waals surface area (Å²) in [6, 6.07) is 6.39. The molecule has 1 amide bonds. The SMILES string of the molecule is CN(C(=O)COc1cc(Cl)ccc1Cl)C1CC2CCC(C1)N2.Cl. The van der Waals surface area contributed by atoms with E-state index in [0.717, 1.165) is 12.8 Å². The summed E-state index contributed by atoms with van der Waals surface area (Å²) >= 11 is 12.0. The van der Waals surface area contributed by atoms with Crippen LogP contribution < -0.4 is 10.1 Å². The van der Waals surface area contributed by atoms with Gasteiger partial charge in [0.15, 0.2) is 6.61 Å². The van der Waals surface area contributed by atoms with Gasteiger partial charge < -0.3 is 15.0 Å². The van der Waals surface area contributed by atoms with E-state index in [4.69, 9.17) is 27.9 Å². The van der Waals surface area contributed by atoms with Crippen LogP contribution in [0.25, 0.3) is 0 Å². The second kappa shape index (κ2) is 7.93. The van der Waals surface area contributed by atoms with Gasteiger partial charge in [0.25, 0.3) is 5.91 Å². The molecule has 2 heterocycles. The van der Waals surface area contributed by atoms with E-state index in [0.29, 0.717) is 33.9 Å². The molecule has 23 heavy (non-hydrogen) atoms. The molecule has 1 aromatic carbocycles. The van der Waals surface area contributed by atoms with Crippen molar-refractivity contribution in [3.8, 4) is 5.75 Å². The summed E-state index contributed by atoms with van der Waals surface area (Å²) in [5, 5.41) is 4.58. The second-order valence-electron chi connectivity index (χ2n) is 6.13. The van der Waals surface area contributed by atoms with Gasteiger partial charge in [0, 0.05) is 36.3 Å². The number of ether oxygens (including phenoxy) is 1. The predicted octanol–water partition coefficient (Wildman–Crippen LogP) is 3.54. The van der Waals surface area contributed by atoms with E-state index in [2.05, 4.69) is 5.32 Å². The van der Waals surface area contributed by atoms with Crippen molar-refractivity contribution in [1.29, 1.82) is 0 Å². The maximum absolute atomic E-state index is 12.4. The Morgan fingerprint density at radius 2 is 1.96 bits per heavy atom. The van der Waals surface area contributed by atoms with Crippen LogP contribution in [0.1, 0.15) is 25.7 Å². The van der Waals surface area contributed by atoms with Crippen LogP contribution >= 0.6 is 35.6 Å². The average Bonchev–Trinajstić information content (AvgIpc) is 2.85. The first-order chi connectivity index (χ1) is 10.5. The van der Waals surface area contributed by atoms with Crippen LogP contribution in [0.15, 0.2) is 18.2 Å². The number of amides is 1. The summed E-state index contributed by atoms with van der Waals surface area (Å²) in [5.41, 5.74) is 0. The molecule has 2 fully saturated rings. The van der Waals surface area contributed by atoms with Gasteiger partial charge in [-0.1, -0.05) is 23.2 Å². The van der Waals surface area contributed by atoms with Gasteiger partial charge in [-0.2, -0.15) is 0 Å². The van der Waals surface area contributed by atoms with Crippen molar-refractivity contribution in [2.24, 2.45) is 0 Å². The molecule has 4 nitrogen and oxygen atoms in total. The van der Waals surface area contributed by atoms with Gasteiger partial charge >= 0.3 is 0 Å². The minimum absolute atomic E-state index is 0. The lowest BCUT2D eigenvalue weighted by atomic mass is 9.98. The van der Waals surface area contributed by atoms with Crippen LogP contribution in [0.3, 0.4) is 0 Å². The molecular formula is C16H21Cl3N2O2. The first-order valence-corrected chi connectivity index (χ1v) is 8.38. The van der Waals surface area contributed by atoms with E-state index in [9.17, 15) is 4.79 Å². The Labute approximate surface area is 152 Å². The summed E-state index contributed by atoms with van der Waals surface area (Å²) < 4.78 is 5.54. The third-order valence-corrected chi connectivity index (χ3v) is 5.18. The molecule has 3 rings (SSSR count). The normalized spacial score (nSPS) is 25.6. The third kappa shape index (κ3) is 4.44. The highest BCUT2D eigenvalue weighted by atomic mass is 35.5. The van der Waals surface area contributed by atoms with Crippen LogP contribution in [0.4, 0.5) is 0 Å². The number of likely N-dealkylation sites (N-methyl/N-ethyl adjacent to an activating group) is 1. The molecule has 0 aromatic heterocycles. The number of benzene rings is 1. The van der Waals surface area contributed by atoms with Crippen molar-refractivity contribution in [2.75, 3.05) is 13.7 Å². The lowest BCUT2D eigenvalue weighted by Crippen LogP contribution is -2.49. The molecular weight excluding hydrogens is 359 g/mol. The predicted molar refractivity (Wildman–Crippen MR) is 94.9 cm³/mol. The van der Waals surface area contributed by atoms with Crippen LogP contribution in [0.2, 0.25) is 10.0 Å². The second-order valence-corrected chi connectivity index (χ2v) is 6.97. The van der Waals surface area contributed by atoms with Gasteiger partial charge in [0.05, 0.1) is 5.02 Å². The number of nitrogens with one attached hydrogen (secondary N) is 1. The molecule has 1 aromatic rings. The molecule has 2 bridgehead atoms. The highest BCUT2D eigenvalue weighted by Gasteiger charge is 2.36. The number of fused-ring (bicyclic) bond motifs is 2. The summed E-state index contributed by atoms with van der Waals surface area (Å²) in [5.74, 6) is 0.420. The molecule has 0 radical (unpaired) electrons. The highest BCUT2D eigenvalue weighted by molar-refractivity contribution is 6.34. The lowest BCUT2D eigenvalue weighted by molar-refractivity contribution is -0.134. The van der Waals surface area contributed by atoms with Crippen molar-refractivity contribution in [3.63, 3.8) is 0 Å². The van der Waals surface area contributed by atoms with Gasteiger partial charge in [-0.15, -0.1) is 12.4 Å².